The van der Waals surface area contributed by atoms with E-state index in [0.717, 1.165) is 28.2 Å². The van der Waals surface area contributed by atoms with Crippen LogP contribution in [-0.4, -0.2) is 31.7 Å². The number of nitrogens with zero attached hydrogens (tertiary/aromatic N) is 5. The third-order valence-corrected chi connectivity index (χ3v) is 4.05. The van der Waals surface area contributed by atoms with E-state index in [4.69, 9.17) is 0 Å². The van der Waals surface area contributed by atoms with Crippen LogP contribution in [0.2, 0.25) is 0 Å². The highest BCUT2D eigenvalue weighted by Crippen LogP contribution is 2.10. The SMILES string of the molecule is Cc1cc(C)n(Cc2cccc(C(=O)N/N=C\c3cn(C)nc3C)c2)n1. The van der Waals surface area contributed by atoms with Crippen molar-refractivity contribution in [2.24, 2.45) is 12.1 Å². The lowest BCUT2D eigenvalue weighted by Crippen LogP contribution is -2.18. The van der Waals surface area contributed by atoms with Crippen LogP contribution in [-0.2, 0) is 13.6 Å². The molecule has 0 saturated carbocycles. The summed E-state index contributed by atoms with van der Waals surface area (Å²) in [6, 6.07) is 9.51. The Hall–Kier alpha value is -3.22. The Labute approximate surface area is 152 Å². The molecule has 7 nitrogen and oxygen atoms in total. The standard InChI is InChI=1S/C19H22N6O/c1-13-8-14(2)25(22-13)11-16-6-5-7-17(9-16)19(26)21-20-10-18-12-24(4)23-15(18)3/h5-10,12H,11H2,1-4H3,(H,21,26)/b20-10-. The average Bonchev–Trinajstić information content (AvgIpc) is 3.08. The molecule has 0 aliphatic heterocycles. The molecule has 0 aliphatic rings. The number of nitrogens with one attached hydrogen (secondary N) is 1. The summed E-state index contributed by atoms with van der Waals surface area (Å²) in [7, 11) is 1.84. The second kappa shape index (κ2) is 7.35. The van der Waals surface area contributed by atoms with Crippen molar-refractivity contribution in [1.82, 2.24) is 25.0 Å². The van der Waals surface area contributed by atoms with E-state index in [-0.39, 0.29) is 5.91 Å². The molecule has 1 aromatic carbocycles. The molecule has 1 N–H and O–H groups in total. The van der Waals surface area contributed by atoms with Gasteiger partial charge >= 0.3 is 0 Å². The van der Waals surface area contributed by atoms with Gasteiger partial charge in [-0.2, -0.15) is 15.3 Å². The molecule has 7 heteroatoms. The smallest absolute Gasteiger partial charge is 0.271 e. The normalized spacial score (nSPS) is 11.2. The maximum absolute atomic E-state index is 12.3. The quantitative estimate of drug-likeness (QED) is 0.567. The fourth-order valence-electron chi connectivity index (χ4n) is 2.79. The lowest BCUT2D eigenvalue weighted by Gasteiger charge is -2.06. The van der Waals surface area contributed by atoms with E-state index in [9.17, 15) is 4.79 Å². The van der Waals surface area contributed by atoms with E-state index in [0.29, 0.717) is 12.1 Å². The third-order valence-electron chi connectivity index (χ3n) is 4.05. The minimum atomic E-state index is -0.252. The highest BCUT2D eigenvalue weighted by Gasteiger charge is 2.07. The molecule has 0 bridgehead atoms. The Bertz CT molecular complexity index is 966. The molecule has 0 aliphatic carbocycles. The van der Waals surface area contributed by atoms with Crippen LogP contribution in [0.3, 0.4) is 0 Å². The monoisotopic (exact) mass is 350 g/mol. The van der Waals surface area contributed by atoms with Gasteiger partial charge in [0.15, 0.2) is 0 Å². The third kappa shape index (κ3) is 4.05. The summed E-state index contributed by atoms with van der Waals surface area (Å²) < 4.78 is 3.64. The van der Waals surface area contributed by atoms with E-state index in [2.05, 4.69) is 20.7 Å². The van der Waals surface area contributed by atoms with Gasteiger partial charge in [-0.3, -0.25) is 14.2 Å². The zero-order valence-corrected chi connectivity index (χ0v) is 15.4. The van der Waals surface area contributed by atoms with Crippen molar-refractivity contribution in [2.45, 2.75) is 27.3 Å². The van der Waals surface area contributed by atoms with E-state index in [1.807, 2.05) is 63.0 Å². The second-order valence-electron chi connectivity index (χ2n) is 6.33. The van der Waals surface area contributed by atoms with Crippen molar-refractivity contribution >= 4 is 12.1 Å². The summed E-state index contributed by atoms with van der Waals surface area (Å²) in [5.74, 6) is -0.252. The maximum Gasteiger partial charge on any atom is 0.271 e. The number of carbonyl (C=O) groups excluding carboxylic acids is 1. The zero-order chi connectivity index (χ0) is 18.7. The summed E-state index contributed by atoms with van der Waals surface area (Å²) in [6.07, 6.45) is 3.44. The number of hydrogen-bond acceptors (Lipinski definition) is 4. The first-order valence-electron chi connectivity index (χ1n) is 8.36. The Morgan fingerprint density at radius 2 is 2.04 bits per heavy atom. The molecule has 1 amide bonds. The van der Waals surface area contributed by atoms with Crippen molar-refractivity contribution in [1.29, 1.82) is 0 Å². The highest BCUT2D eigenvalue weighted by molar-refractivity contribution is 5.95. The van der Waals surface area contributed by atoms with E-state index < -0.39 is 0 Å². The molecule has 2 heterocycles. The molecule has 134 valence electrons. The van der Waals surface area contributed by atoms with Crippen molar-refractivity contribution in [3.63, 3.8) is 0 Å². The molecule has 2 aromatic heterocycles. The lowest BCUT2D eigenvalue weighted by molar-refractivity contribution is 0.0955. The number of aryl methyl sites for hydroxylation is 4. The Balaban J connectivity index is 1.68. The van der Waals surface area contributed by atoms with Gasteiger partial charge in [-0.25, -0.2) is 5.43 Å². The van der Waals surface area contributed by atoms with Gasteiger partial charge in [-0.15, -0.1) is 0 Å². The molecule has 0 fully saturated rings. The number of benzene rings is 1. The van der Waals surface area contributed by atoms with Gasteiger partial charge in [0, 0.05) is 30.1 Å². The fraction of sp³-hybridized carbons (Fsp3) is 0.263. The molecular weight excluding hydrogens is 328 g/mol. The second-order valence-corrected chi connectivity index (χ2v) is 6.33. The van der Waals surface area contributed by atoms with Gasteiger partial charge in [0.05, 0.1) is 24.1 Å². The van der Waals surface area contributed by atoms with Crippen molar-refractivity contribution in [2.75, 3.05) is 0 Å². The van der Waals surface area contributed by atoms with Crippen LogP contribution in [0.1, 0.15) is 38.6 Å². The predicted molar refractivity (Wildman–Crippen MR) is 100 cm³/mol. The first-order chi connectivity index (χ1) is 12.4. The molecule has 0 radical (unpaired) electrons. The van der Waals surface area contributed by atoms with Crippen LogP contribution < -0.4 is 5.43 Å². The van der Waals surface area contributed by atoms with Crippen LogP contribution in [0.5, 0.6) is 0 Å². The number of hydrogen-bond donors (Lipinski definition) is 1. The van der Waals surface area contributed by atoms with Gasteiger partial charge in [-0.05, 0) is 44.5 Å². The molecule has 3 aromatic rings. The molecule has 26 heavy (non-hydrogen) atoms. The van der Waals surface area contributed by atoms with E-state index >= 15 is 0 Å². The molecule has 0 atom stereocenters. The summed E-state index contributed by atoms with van der Waals surface area (Å²) in [5.41, 5.74) is 7.93. The maximum atomic E-state index is 12.3. The highest BCUT2D eigenvalue weighted by atomic mass is 16.2. The van der Waals surface area contributed by atoms with Crippen molar-refractivity contribution in [3.8, 4) is 0 Å². The molecule has 0 spiro atoms. The number of hydrazone groups is 1. The zero-order valence-electron chi connectivity index (χ0n) is 15.4. The number of rotatable bonds is 5. The number of amides is 1. The van der Waals surface area contributed by atoms with Gasteiger partial charge in [0.1, 0.15) is 0 Å². The largest absolute Gasteiger partial charge is 0.275 e. The molecular formula is C19H22N6O. The van der Waals surface area contributed by atoms with Gasteiger partial charge < -0.3 is 0 Å². The lowest BCUT2D eigenvalue weighted by atomic mass is 10.1. The van der Waals surface area contributed by atoms with Crippen LogP contribution in [0, 0.1) is 20.8 Å². The van der Waals surface area contributed by atoms with Crippen molar-refractivity contribution < 1.29 is 4.79 Å². The van der Waals surface area contributed by atoms with Crippen LogP contribution in [0.25, 0.3) is 0 Å². The predicted octanol–water partition coefficient (Wildman–Crippen LogP) is 2.35. The van der Waals surface area contributed by atoms with Gasteiger partial charge in [-0.1, -0.05) is 12.1 Å². The van der Waals surface area contributed by atoms with Crippen LogP contribution >= 0.6 is 0 Å². The van der Waals surface area contributed by atoms with Crippen molar-refractivity contribution in [3.05, 3.63) is 70.3 Å². The molecule has 0 saturated heterocycles. The summed E-state index contributed by atoms with van der Waals surface area (Å²) in [6.45, 7) is 6.51. The van der Waals surface area contributed by atoms with E-state index in [1.54, 1.807) is 17.0 Å². The molecule has 3 rings (SSSR count). The Morgan fingerprint density at radius 3 is 2.69 bits per heavy atom. The average molecular weight is 350 g/mol. The summed E-state index contributed by atoms with van der Waals surface area (Å²) in [5, 5.41) is 12.7. The van der Waals surface area contributed by atoms with Gasteiger partial charge in [0.25, 0.3) is 5.91 Å². The summed E-state index contributed by atoms with van der Waals surface area (Å²) >= 11 is 0. The van der Waals surface area contributed by atoms with Crippen LogP contribution in [0.4, 0.5) is 0 Å². The Morgan fingerprint density at radius 1 is 1.23 bits per heavy atom. The van der Waals surface area contributed by atoms with E-state index in [1.165, 1.54) is 0 Å². The first kappa shape index (κ1) is 17.6. The number of aromatic nitrogens is 4. The molecule has 0 unspecified atom stereocenters. The van der Waals surface area contributed by atoms with Crippen LogP contribution in [0.15, 0.2) is 41.6 Å². The summed E-state index contributed by atoms with van der Waals surface area (Å²) in [4.78, 5) is 12.3. The number of carbonyl (C=O) groups is 1. The Kier molecular flexibility index (Phi) is 4.97. The topological polar surface area (TPSA) is 77.1 Å². The minimum Gasteiger partial charge on any atom is -0.275 e. The minimum absolute atomic E-state index is 0.252. The fourth-order valence-corrected chi connectivity index (χ4v) is 2.79. The first-order valence-corrected chi connectivity index (χ1v) is 8.36. The van der Waals surface area contributed by atoms with Gasteiger partial charge in [0.2, 0.25) is 0 Å².